The lowest BCUT2D eigenvalue weighted by atomic mass is 9.94. The standard InChI is InChI=1S/C15H22IN/c1-17-15(10-12-4-2-3-5-12)11-13-6-8-14(16)9-7-13/h6-9,12,15,17H,2-5,10-11H2,1H3. The highest BCUT2D eigenvalue weighted by Crippen LogP contribution is 2.29. The maximum absolute atomic E-state index is 3.49. The van der Waals surface area contributed by atoms with Crippen LogP contribution < -0.4 is 5.32 Å². The molecule has 1 aliphatic carbocycles. The summed E-state index contributed by atoms with van der Waals surface area (Å²) >= 11 is 2.36. The lowest BCUT2D eigenvalue weighted by molar-refractivity contribution is 0.402. The molecule has 17 heavy (non-hydrogen) atoms. The molecule has 1 saturated carbocycles. The van der Waals surface area contributed by atoms with Crippen molar-refractivity contribution in [2.24, 2.45) is 5.92 Å². The van der Waals surface area contributed by atoms with Crippen LogP contribution in [0, 0.1) is 9.49 Å². The monoisotopic (exact) mass is 343 g/mol. The molecule has 1 nitrogen and oxygen atoms in total. The van der Waals surface area contributed by atoms with Gasteiger partial charge in [-0.15, -0.1) is 0 Å². The summed E-state index contributed by atoms with van der Waals surface area (Å²) in [4.78, 5) is 0. The van der Waals surface area contributed by atoms with Crippen LogP contribution in [-0.4, -0.2) is 13.1 Å². The number of benzene rings is 1. The van der Waals surface area contributed by atoms with Gasteiger partial charge in [0.1, 0.15) is 0 Å². The molecule has 0 radical (unpaired) electrons. The molecule has 2 heteroatoms. The highest BCUT2D eigenvalue weighted by molar-refractivity contribution is 14.1. The third-order valence-corrected chi connectivity index (χ3v) is 4.62. The smallest absolute Gasteiger partial charge is 0.0130 e. The summed E-state index contributed by atoms with van der Waals surface area (Å²) in [5.41, 5.74) is 1.46. The van der Waals surface area contributed by atoms with Gasteiger partial charge in [0.2, 0.25) is 0 Å². The molecule has 0 aromatic heterocycles. The summed E-state index contributed by atoms with van der Waals surface area (Å²) in [5.74, 6) is 0.969. The van der Waals surface area contributed by atoms with Crippen molar-refractivity contribution in [1.82, 2.24) is 5.32 Å². The predicted octanol–water partition coefficient (Wildman–Crippen LogP) is 4.00. The Bertz CT molecular complexity index is 327. The minimum absolute atomic E-state index is 0.651. The van der Waals surface area contributed by atoms with Crippen LogP contribution in [0.1, 0.15) is 37.7 Å². The van der Waals surface area contributed by atoms with Crippen LogP contribution in [0.15, 0.2) is 24.3 Å². The molecule has 0 bridgehead atoms. The van der Waals surface area contributed by atoms with E-state index in [2.05, 4.69) is 59.2 Å². The molecule has 1 aromatic carbocycles. The second-order valence-electron chi connectivity index (χ2n) is 5.20. The first-order valence-corrected chi connectivity index (χ1v) is 7.77. The van der Waals surface area contributed by atoms with E-state index in [0.29, 0.717) is 6.04 Å². The Morgan fingerprint density at radius 2 is 1.88 bits per heavy atom. The van der Waals surface area contributed by atoms with Crippen molar-refractivity contribution in [1.29, 1.82) is 0 Å². The number of nitrogens with one attached hydrogen (secondary N) is 1. The van der Waals surface area contributed by atoms with Crippen molar-refractivity contribution in [2.45, 2.75) is 44.6 Å². The predicted molar refractivity (Wildman–Crippen MR) is 82.3 cm³/mol. The van der Waals surface area contributed by atoms with Gasteiger partial charge in [0.05, 0.1) is 0 Å². The van der Waals surface area contributed by atoms with Crippen LogP contribution in [0.3, 0.4) is 0 Å². The fourth-order valence-corrected chi connectivity index (χ4v) is 3.22. The first kappa shape index (κ1) is 13.3. The molecule has 1 aliphatic rings. The fourth-order valence-electron chi connectivity index (χ4n) is 2.86. The largest absolute Gasteiger partial charge is 0.317 e. The van der Waals surface area contributed by atoms with E-state index in [1.54, 1.807) is 0 Å². The van der Waals surface area contributed by atoms with Gasteiger partial charge >= 0.3 is 0 Å². The zero-order valence-electron chi connectivity index (χ0n) is 10.6. The molecule has 1 unspecified atom stereocenters. The highest BCUT2D eigenvalue weighted by Gasteiger charge is 2.19. The lowest BCUT2D eigenvalue weighted by Crippen LogP contribution is -2.29. The molecular formula is C15H22IN. The quantitative estimate of drug-likeness (QED) is 0.797. The van der Waals surface area contributed by atoms with Crippen LogP contribution in [0.4, 0.5) is 0 Å². The first-order valence-electron chi connectivity index (χ1n) is 6.69. The van der Waals surface area contributed by atoms with Crippen molar-refractivity contribution in [2.75, 3.05) is 7.05 Å². The first-order chi connectivity index (χ1) is 8.28. The van der Waals surface area contributed by atoms with Gasteiger partial charge in [0.15, 0.2) is 0 Å². The minimum atomic E-state index is 0.651. The van der Waals surface area contributed by atoms with Crippen LogP contribution in [0.2, 0.25) is 0 Å². The zero-order chi connectivity index (χ0) is 12.1. The van der Waals surface area contributed by atoms with Crippen LogP contribution in [0.25, 0.3) is 0 Å². The van der Waals surface area contributed by atoms with Crippen LogP contribution >= 0.6 is 22.6 Å². The number of halogens is 1. The van der Waals surface area contributed by atoms with Gasteiger partial charge in [0, 0.05) is 9.61 Å². The molecule has 1 aromatic rings. The number of hydrogen-bond donors (Lipinski definition) is 1. The molecule has 1 fully saturated rings. The van der Waals surface area contributed by atoms with Crippen LogP contribution in [0.5, 0.6) is 0 Å². The molecule has 94 valence electrons. The van der Waals surface area contributed by atoms with Gasteiger partial charge in [-0.1, -0.05) is 37.8 Å². The summed E-state index contributed by atoms with van der Waals surface area (Å²) < 4.78 is 1.32. The van der Waals surface area contributed by atoms with Gasteiger partial charge in [-0.05, 0) is 66.1 Å². The van der Waals surface area contributed by atoms with E-state index in [1.807, 2.05) is 0 Å². The molecule has 1 atom stereocenters. The molecule has 2 rings (SSSR count). The zero-order valence-corrected chi connectivity index (χ0v) is 12.7. The normalized spacial score (nSPS) is 18.5. The van der Waals surface area contributed by atoms with Crippen molar-refractivity contribution in [3.63, 3.8) is 0 Å². The topological polar surface area (TPSA) is 12.0 Å². The second-order valence-corrected chi connectivity index (χ2v) is 6.45. The third-order valence-electron chi connectivity index (χ3n) is 3.90. The van der Waals surface area contributed by atoms with Gasteiger partial charge in [-0.3, -0.25) is 0 Å². The fraction of sp³-hybridized carbons (Fsp3) is 0.600. The lowest BCUT2D eigenvalue weighted by Gasteiger charge is -2.20. The van der Waals surface area contributed by atoms with E-state index in [1.165, 1.54) is 47.7 Å². The molecule has 1 N–H and O–H groups in total. The van der Waals surface area contributed by atoms with Gasteiger partial charge in [-0.25, -0.2) is 0 Å². The summed E-state index contributed by atoms with van der Waals surface area (Å²) in [6.45, 7) is 0. The van der Waals surface area contributed by atoms with Gasteiger partial charge in [0.25, 0.3) is 0 Å². The van der Waals surface area contributed by atoms with Crippen molar-refractivity contribution >= 4 is 22.6 Å². The van der Waals surface area contributed by atoms with E-state index in [9.17, 15) is 0 Å². The second kappa shape index (κ2) is 6.74. The van der Waals surface area contributed by atoms with E-state index >= 15 is 0 Å². The van der Waals surface area contributed by atoms with E-state index in [-0.39, 0.29) is 0 Å². The van der Waals surface area contributed by atoms with Gasteiger partial charge in [-0.2, -0.15) is 0 Å². The average molecular weight is 343 g/mol. The Hall–Kier alpha value is -0.0900. The van der Waals surface area contributed by atoms with Crippen molar-refractivity contribution in [3.05, 3.63) is 33.4 Å². The maximum Gasteiger partial charge on any atom is 0.0130 e. The molecule has 0 spiro atoms. The number of hydrogen-bond acceptors (Lipinski definition) is 1. The molecule has 0 saturated heterocycles. The molecule has 0 aliphatic heterocycles. The van der Waals surface area contributed by atoms with Crippen molar-refractivity contribution < 1.29 is 0 Å². The number of rotatable bonds is 5. The molecule has 0 heterocycles. The summed E-state index contributed by atoms with van der Waals surface area (Å²) in [7, 11) is 2.10. The van der Waals surface area contributed by atoms with E-state index in [0.717, 1.165) is 5.92 Å². The van der Waals surface area contributed by atoms with E-state index < -0.39 is 0 Å². The highest BCUT2D eigenvalue weighted by atomic mass is 127. The van der Waals surface area contributed by atoms with Crippen LogP contribution in [-0.2, 0) is 6.42 Å². The summed E-state index contributed by atoms with van der Waals surface area (Å²) in [6, 6.07) is 9.59. The SMILES string of the molecule is CNC(Cc1ccc(I)cc1)CC1CCCC1. The Kier molecular flexibility index (Phi) is 5.29. The molecule has 0 amide bonds. The summed E-state index contributed by atoms with van der Waals surface area (Å²) in [5, 5.41) is 3.49. The third kappa shape index (κ3) is 4.25. The average Bonchev–Trinajstić information content (AvgIpc) is 2.84. The number of likely N-dealkylation sites (N-methyl/N-ethyl adjacent to an activating group) is 1. The minimum Gasteiger partial charge on any atom is -0.317 e. The Balaban J connectivity index is 1.87. The summed E-state index contributed by atoms with van der Waals surface area (Å²) in [6.07, 6.45) is 8.32. The maximum atomic E-state index is 3.49. The van der Waals surface area contributed by atoms with E-state index in [4.69, 9.17) is 0 Å². The Labute approximate surface area is 119 Å². The van der Waals surface area contributed by atoms with Crippen molar-refractivity contribution in [3.8, 4) is 0 Å². The Morgan fingerprint density at radius 1 is 1.24 bits per heavy atom. The molecular weight excluding hydrogens is 321 g/mol. The van der Waals surface area contributed by atoms with Gasteiger partial charge < -0.3 is 5.32 Å². The Morgan fingerprint density at radius 3 is 2.47 bits per heavy atom.